The van der Waals surface area contributed by atoms with Gasteiger partial charge in [-0.25, -0.2) is 19.3 Å². The zero-order valence-electron chi connectivity index (χ0n) is 18.8. The van der Waals surface area contributed by atoms with Crippen molar-refractivity contribution >= 4 is 50.6 Å². The summed E-state index contributed by atoms with van der Waals surface area (Å²) in [6, 6.07) is 7.08. The number of hydrogen-bond donors (Lipinski definition) is 1. The highest BCUT2D eigenvalue weighted by atomic mass is 32.1. The molecule has 34 heavy (non-hydrogen) atoms. The van der Waals surface area contributed by atoms with E-state index >= 15 is 0 Å². The van der Waals surface area contributed by atoms with Crippen molar-refractivity contribution < 1.29 is 14.6 Å². The Balaban J connectivity index is 1.69. The van der Waals surface area contributed by atoms with Gasteiger partial charge in [-0.3, -0.25) is 4.79 Å². The molecule has 0 bridgehead atoms. The Morgan fingerprint density at radius 3 is 2.88 bits per heavy atom. The fourth-order valence-corrected chi connectivity index (χ4v) is 6.34. The largest absolute Gasteiger partial charge is 0.494 e. The Morgan fingerprint density at radius 1 is 1.35 bits per heavy atom. The summed E-state index contributed by atoms with van der Waals surface area (Å²) in [4.78, 5) is 36.0. The summed E-state index contributed by atoms with van der Waals surface area (Å²) >= 11 is 2.75. The van der Waals surface area contributed by atoms with E-state index in [2.05, 4.69) is 16.9 Å². The smallest absolute Gasteiger partial charge is 0.341 e. The highest BCUT2D eigenvalue weighted by molar-refractivity contribution is 7.16. The molecule has 0 spiro atoms. The van der Waals surface area contributed by atoms with Gasteiger partial charge in [-0.05, 0) is 43.7 Å². The molecule has 0 amide bonds. The molecule has 0 saturated carbocycles. The second-order valence-corrected chi connectivity index (χ2v) is 10.2. The average Bonchev–Trinajstić information content (AvgIpc) is 3.47. The minimum Gasteiger partial charge on any atom is -0.494 e. The number of aliphatic imine (C=N–C) groups is 1. The third kappa shape index (κ3) is 3.84. The lowest BCUT2D eigenvalue weighted by atomic mass is 9.88. The number of benzene rings is 1. The van der Waals surface area contributed by atoms with Gasteiger partial charge in [-0.1, -0.05) is 25.1 Å². The standard InChI is InChI=1S/C25H23N3O4S2/c1-3-32-24(31)20-17-9-8-14(2)12-19(17)34-21(20)27-13-18-15-6-4-5-7-16(15)22(29)28(23(18)30)25-26-10-11-33-25/h4-7,10-11,13-14,30H,3,8-9,12H2,1-2H3. The van der Waals surface area contributed by atoms with Gasteiger partial charge in [-0.15, -0.1) is 22.7 Å². The van der Waals surface area contributed by atoms with Gasteiger partial charge in [0.25, 0.3) is 5.56 Å². The Morgan fingerprint density at radius 2 is 2.15 bits per heavy atom. The number of hydrogen-bond acceptors (Lipinski definition) is 8. The zero-order valence-corrected chi connectivity index (χ0v) is 20.4. The SMILES string of the molecule is CCOC(=O)c1c(N=Cc2c(O)n(-c3nccs3)c(=O)c3ccccc23)sc2c1CCC(C)C2. The predicted molar refractivity (Wildman–Crippen MR) is 136 cm³/mol. The normalized spacial score (nSPS) is 15.6. The number of aromatic nitrogens is 2. The number of esters is 1. The maximum absolute atomic E-state index is 13.1. The van der Waals surface area contributed by atoms with Gasteiger partial charge in [0.15, 0.2) is 5.13 Å². The van der Waals surface area contributed by atoms with Gasteiger partial charge >= 0.3 is 5.97 Å². The Hall–Kier alpha value is -3.30. The number of ether oxygens (including phenoxy) is 1. The first-order valence-electron chi connectivity index (χ1n) is 11.1. The quantitative estimate of drug-likeness (QED) is 0.302. The van der Waals surface area contributed by atoms with Crippen LogP contribution in [-0.2, 0) is 17.6 Å². The molecule has 0 radical (unpaired) electrons. The molecule has 1 atom stereocenters. The molecule has 3 aromatic heterocycles. The summed E-state index contributed by atoms with van der Waals surface area (Å²) in [6.07, 6.45) is 5.86. The van der Waals surface area contributed by atoms with E-state index in [0.717, 1.165) is 29.7 Å². The Labute approximate surface area is 204 Å². The monoisotopic (exact) mass is 493 g/mol. The molecular formula is C25H23N3O4S2. The van der Waals surface area contributed by atoms with Crippen LogP contribution in [0.2, 0.25) is 0 Å². The lowest BCUT2D eigenvalue weighted by molar-refractivity contribution is 0.0526. The fourth-order valence-electron chi connectivity index (χ4n) is 4.36. The van der Waals surface area contributed by atoms with Crippen molar-refractivity contribution in [3.05, 3.63) is 67.8 Å². The molecule has 4 aromatic rings. The van der Waals surface area contributed by atoms with Crippen LogP contribution in [0.4, 0.5) is 5.00 Å². The number of nitrogens with zero attached hydrogens (tertiary/aromatic N) is 3. The Bertz CT molecular complexity index is 1470. The summed E-state index contributed by atoms with van der Waals surface area (Å²) in [5.74, 6) is -0.0635. The van der Waals surface area contributed by atoms with Gasteiger partial charge in [0, 0.05) is 33.4 Å². The molecule has 9 heteroatoms. The van der Waals surface area contributed by atoms with E-state index < -0.39 is 0 Å². The van der Waals surface area contributed by atoms with E-state index in [-0.39, 0.29) is 24.0 Å². The number of carbonyl (C=O) groups is 1. The van der Waals surface area contributed by atoms with E-state index in [0.29, 0.717) is 37.9 Å². The first kappa shape index (κ1) is 22.5. The van der Waals surface area contributed by atoms with E-state index in [1.165, 1.54) is 33.5 Å². The van der Waals surface area contributed by atoms with E-state index in [9.17, 15) is 14.7 Å². The summed E-state index contributed by atoms with van der Waals surface area (Å²) in [7, 11) is 0. The summed E-state index contributed by atoms with van der Waals surface area (Å²) in [6.45, 7) is 4.28. The highest BCUT2D eigenvalue weighted by Crippen LogP contribution is 2.42. The summed E-state index contributed by atoms with van der Waals surface area (Å²) in [5, 5.41) is 14.8. The molecule has 0 aliphatic heterocycles. The fraction of sp³-hybridized carbons (Fsp3) is 0.280. The van der Waals surface area contributed by atoms with Gasteiger partial charge in [0.05, 0.1) is 17.7 Å². The highest BCUT2D eigenvalue weighted by Gasteiger charge is 2.28. The third-order valence-electron chi connectivity index (χ3n) is 6.00. The number of aromatic hydroxyl groups is 1. The number of thiophene rings is 1. The van der Waals surface area contributed by atoms with Crippen LogP contribution in [0.25, 0.3) is 15.9 Å². The molecule has 0 fully saturated rings. The van der Waals surface area contributed by atoms with Crippen molar-refractivity contribution in [3.63, 3.8) is 0 Å². The van der Waals surface area contributed by atoms with Crippen LogP contribution in [0.3, 0.4) is 0 Å². The molecule has 0 saturated heterocycles. The van der Waals surface area contributed by atoms with Crippen molar-refractivity contribution in [1.82, 2.24) is 9.55 Å². The minimum atomic E-state index is -0.372. The topological polar surface area (TPSA) is 93.8 Å². The van der Waals surface area contributed by atoms with Crippen LogP contribution in [0.15, 0.2) is 45.6 Å². The average molecular weight is 494 g/mol. The summed E-state index contributed by atoms with van der Waals surface area (Å²) < 4.78 is 6.54. The lowest BCUT2D eigenvalue weighted by Gasteiger charge is -2.18. The van der Waals surface area contributed by atoms with Crippen molar-refractivity contribution in [2.24, 2.45) is 10.9 Å². The number of thiazole rings is 1. The third-order valence-corrected chi connectivity index (χ3v) is 7.92. The molecule has 1 aromatic carbocycles. The summed E-state index contributed by atoms with van der Waals surface area (Å²) in [5.41, 5.74) is 1.57. The maximum Gasteiger partial charge on any atom is 0.341 e. The first-order valence-corrected chi connectivity index (χ1v) is 12.8. The van der Waals surface area contributed by atoms with Gasteiger partial charge in [0.1, 0.15) is 5.00 Å². The van der Waals surface area contributed by atoms with Crippen molar-refractivity contribution in [1.29, 1.82) is 0 Å². The zero-order chi connectivity index (χ0) is 23.8. The van der Waals surface area contributed by atoms with Crippen LogP contribution in [0, 0.1) is 5.92 Å². The van der Waals surface area contributed by atoms with E-state index in [1.54, 1.807) is 36.7 Å². The molecule has 174 valence electrons. The van der Waals surface area contributed by atoms with Gasteiger partial charge in [-0.2, -0.15) is 0 Å². The van der Waals surface area contributed by atoms with Crippen molar-refractivity contribution in [2.75, 3.05) is 6.61 Å². The van der Waals surface area contributed by atoms with E-state index in [1.807, 2.05) is 6.07 Å². The Kier molecular flexibility index (Phi) is 6.05. The maximum atomic E-state index is 13.1. The molecular weight excluding hydrogens is 470 g/mol. The number of fused-ring (bicyclic) bond motifs is 2. The van der Waals surface area contributed by atoms with Crippen molar-refractivity contribution in [2.45, 2.75) is 33.1 Å². The molecule has 3 heterocycles. The van der Waals surface area contributed by atoms with Crippen molar-refractivity contribution in [3.8, 4) is 11.0 Å². The molecule has 1 unspecified atom stereocenters. The molecule has 1 aliphatic rings. The van der Waals surface area contributed by atoms with Crippen LogP contribution < -0.4 is 5.56 Å². The molecule has 1 aliphatic carbocycles. The molecule has 1 N–H and O–H groups in total. The predicted octanol–water partition coefficient (Wildman–Crippen LogP) is 5.27. The van der Waals surface area contributed by atoms with Crippen LogP contribution >= 0.6 is 22.7 Å². The second kappa shape index (κ2) is 9.15. The van der Waals surface area contributed by atoms with Crippen LogP contribution in [0.5, 0.6) is 5.88 Å². The van der Waals surface area contributed by atoms with Gasteiger partial charge < -0.3 is 9.84 Å². The van der Waals surface area contributed by atoms with Gasteiger partial charge in [0.2, 0.25) is 5.88 Å². The first-order chi connectivity index (χ1) is 16.5. The molecule has 5 rings (SSSR count). The van der Waals surface area contributed by atoms with E-state index in [4.69, 9.17) is 4.74 Å². The lowest BCUT2D eigenvalue weighted by Crippen LogP contribution is -2.19. The second-order valence-electron chi connectivity index (χ2n) is 8.25. The number of carbonyl (C=O) groups excluding carboxylic acids is 1. The molecule has 7 nitrogen and oxygen atoms in total. The van der Waals surface area contributed by atoms with Crippen LogP contribution in [0.1, 0.15) is 46.6 Å². The number of pyridine rings is 1. The minimum absolute atomic E-state index is 0.241. The number of rotatable bonds is 5. The van der Waals surface area contributed by atoms with Crippen LogP contribution in [-0.4, -0.2) is 33.4 Å².